The zero-order chi connectivity index (χ0) is 14.5. The van der Waals surface area contributed by atoms with Crippen molar-refractivity contribution >= 4 is 0 Å². The molecule has 0 spiro atoms. The van der Waals surface area contributed by atoms with E-state index in [9.17, 15) is 5.11 Å². The van der Waals surface area contributed by atoms with Gasteiger partial charge in [0.25, 0.3) is 0 Å². The van der Waals surface area contributed by atoms with Crippen molar-refractivity contribution in [1.82, 2.24) is 10.2 Å². The van der Waals surface area contributed by atoms with Crippen LogP contribution < -0.4 is 5.32 Å². The molecule has 1 aliphatic heterocycles. The van der Waals surface area contributed by atoms with Gasteiger partial charge in [0.05, 0.1) is 25.9 Å². The number of nitrogens with one attached hydrogen (secondary N) is 1. The summed E-state index contributed by atoms with van der Waals surface area (Å²) in [6, 6.07) is 0.827. The number of rotatable bonds is 5. The van der Waals surface area contributed by atoms with Crippen molar-refractivity contribution in [3.8, 4) is 0 Å². The summed E-state index contributed by atoms with van der Waals surface area (Å²) >= 11 is 0. The monoisotopic (exact) mass is 284 g/mol. The van der Waals surface area contributed by atoms with Crippen LogP contribution in [0, 0.1) is 17.8 Å². The number of aliphatic hydroxyl groups is 1. The van der Waals surface area contributed by atoms with E-state index in [1.165, 1.54) is 19.3 Å². The van der Waals surface area contributed by atoms with Crippen LogP contribution in [-0.2, 0) is 4.74 Å². The van der Waals surface area contributed by atoms with E-state index < -0.39 is 0 Å². The lowest BCUT2D eigenvalue weighted by atomic mass is 9.73. The van der Waals surface area contributed by atoms with Crippen molar-refractivity contribution < 1.29 is 9.84 Å². The Morgan fingerprint density at radius 3 is 2.80 bits per heavy atom. The summed E-state index contributed by atoms with van der Waals surface area (Å²) in [5, 5.41) is 13.0. The minimum atomic E-state index is 0.195. The highest BCUT2D eigenvalue weighted by molar-refractivity contribution is 4.88. The molecule has 0 aromatic rings. The summed E-state index contributed by atoms with van der Waals surface area (Å²) < 4.78 is 5.49. The van der Waals surface area contributed by atoms with E-state index in [0.717, 1.165) is 31.5 Å². The van der Waals surface area contributed by atoms with Gasteiger partial charge in [-0.15, -0.1) is 0 Å². The topological polar surface area (TPSA) is 44.7 Å². The Labute approximate surface area is 123 Å². The highest BCUT2D eigenvalue weighted by atomic mass is 16.5. The quantitative estimate of drug-likeness (QED) is 0.800. The van der Waals surface area contributed by atoms with Crippen LogP contribution >= 0.6 is 0 Å². The number of nitrogens with zero attached hydrogens (tertiary/aromatic N) is 1. The van der Waals surface area contributed by atoms with E-state index in [4.69, 9.17) is 4.74 Å². The Morgan fingerprint density at radius 2 is 2.15 bits per heavy atom. The van der Waals surface area contributed by atoms with Crippen LogP contribution in [-0.4, -0.2) is 62.0 Å². The van der Waals surface area contributed by atoms with Gasteiger partial charge in [-0.1, -0.05) is 13.8 Å². The third-order valence-corrected chi connectivity index (χ3v) is 5.37. The third-order valence-electron chi connectivity index (χ3n) is 5.37. The maximum absolute atomic E-state index is 9.52. The zero-order valence-electron chi connectivity index (χ0n) is 13.3. The Kier molecular flexibility index (Phi) is 6.27. The normalized spacial score (nSPS) is 36.5. The molecule has 1 aliphatic carbocycles. The largest absolute Gasteiger partial charge is 0.395 e. The molecule has 4 atom stereocenters. The average molecular weight is 284 g/mol. The molecule has 1 saturated carbocycles. The van der Waals surface area contributed by atoms with Crippen LogP contribution in [0.1, 0.15) is 33.1 Å². The van der Waals surface area contributed by atoms with Gasteiger partial charge in [0.1, 0.15) is 0 Å². The van der Waals surface area contributed by atoms with Crippen LogP contribution in [0.15, 0.2) is 0 Å². The van der Waals surface area contributed by atoms with Gasteiger partial charge in [-0.2, -0.15) is 0 Å². The van der Waals surface area contributed by atoms with Crippen molar-refractivity contribution in [2.75, 3.05) is 40.0 Å². The summed E-state index contributed by atoms with van der Waals surface area (Å²) in [4.78, 5) is 2.45. The second-order valence-electron chi connectivity index (χ2n) is 6.88. The Bertz CT molecular complexity index is 286. The lowest BCUT2D eigenvalue weighted by Crippen LogP contribution is -2.53. The Balaban J connectivity index is 1.96. The van der Waals surface area contributed by atoms with Crippen LogP contribution in [0.3, 0.4) is 0 Å². The predicted octanol–water partition coefficient (Wildman–Crippen LogP) is 1.34. The van der Waals surface area contributed by atoms with E-state index in [1.807, 2.05) is 0 Å². The standard InChI is InChI=1S/C16H32N2O2/c1-12(2)13-4-5-16(17-3)14(8-13)9-18-6-7-20-11-15(18)10-19/h12-17,19H,4-11H2,1-3H3. The van der Waals surface area contributed by atoms with Crippen molar-refractivity contribution in [2.24, 2.45) is 17.8 Å². The molecule has 4 unspecified atom stereocenters. The summed E-state index contributed by atoms with van der Waals surface area (Å²) in [6.45, 7) is 8.47. The molecule has 0 aromatic heterocycles. The predicted molar refractivity (Wildman–Crippen MR) is 81.8 cm³/mol. The number of aliphatic hydroxyl groups excluding tert-OH is 1. The SMILES string of the molecule is CNC1CCC(C(C)C)CC1CN1CCOCC1CO. The molecule has 2 rings (SSSR count). The highest BCUT2D eigenvalue weighted by Gasteiger charge is 2.34. The molecular weight excluding hydrogens is 252 g/mol. The molecule has 2 fully saturated rings. The minimum Gasteiger partial charge on any atom is -0.395 e. The van der Waals surface area contributed by atoms with Crippen molar-refractivity contribution in [3.05, 3.63) is 0 Å². The van der Waals surface area contributed by atoms with Gasteiger partial charge in [0.2, 0.25) is 0 Å². The second kappa shape index (κ2) is 7.74. The van der Waals surface area contributed by atoms with E-state index in [1.54, 1.807) is 0 Å². The Morgan fingerprint density at radius 1 is 1.35 bits per heavy atom. The number of ether oxygens (including phenoxy) is 1. The minimum absolute atomic E-state index is 0.195. The summed E-state index contributed by atoms with van der Waals surface area (Å²) in [5.74, 6) is 2.35. The fourth-order valence-electron chi connectivity index (χ4n) is 3.89. The van der Waals surface area contributed by atoms with Crippen molar-refractivity contribution in [2.45, 2.75) is 45.2 Å². The third kappa shape index (κ3) is 3.94. The van der Waals surface area contributed by atoms with Crippen molar-refractivity contribution in [3.63, 3.8) is 0 Å². The van der Waals surface area contributed by atoms with Crippen LogP contribution in [0.4, 0.5) is 0 Å². The smallest absolute Gasteiger partial charge is 0.0644 e. The summed E-state index contributed by atoms with van der Waals surface area (Å²) in [5.41, 5.74) is 0. The van der Waals surface area contributed by atoms with Gasteiger partial charge in [-0.25, -0.2) is 0 Å². The Hall–Kier alpha value is -0.160. The first-order valence-electron chi connectivity index (χ1n) is 8.25. The van der Waals surface area contributed by atoms with Gasteiger partial charge in [0.15, 0.2) is 0 Å². The molecule has 2 aliphatic rings. The van der Waals surface area contributed by atoms with Gasteiger partial charge < -0.3 is 15.2 Å². The first kappa shape index (κ1) is 16.2. The van der Waals surface area contributed by atoms with Crippen LogP contribution in [0.5, 0.6) is 0 Å². The van der Waals surface area contributed by atoms with E-state index >= 15 is 0 Å². The molecule has 4 nitrogen and oxygen atoms in total. The average Bonchev–Trinajstić information content (AvgIpc) is 2.47. The fraction of sp³-hybridized carbons (Fsp3) is 1.00. The zero-order valence-corrected chi connectivity index (χ0v) is 13.3. The number of morpholine rings is 1. The summed E-state index contributed by atoms with van der Waals surface area (Å²) in [7, 11) is 2.09. The highest BCUT2D eigenvalue weighted by Crippen LogP contribution is 2.34. The van der Waals surface area contributed by atoms with Gasteiger partial charge >= 0.3 is 0 Å². The number of hydrogen-bond acceptors (Lipinski definition) is 4. The lowest BCUT2D eigenvalue weighted by molar-refractivity contribution is -0.0398. The summed E-state index contributed by atoms with van der Waals surface area (Å²) in [6.07, 6.45) is 3.96. The molecule has 118 valence electrons. The molecule has 4 heteroatoms. The molecule has 0 bridgehead atoms. The van der Waals surface area contributed by atoms with E-state index in [2.05, 4.69) is 31.1 Å². The van der Waals surface area contributed by atoms with Gasteiger partial charge in [-0.3, -0.25) is 4.90 Å². The molecule has 1 heterocycles. The maximum Gasteiger partial charge on any atom is 0.0644 e. The van der Waals surface area contributed by atoms with E-state index in [-0.39, 0.29) is 12.6 Å². The first-order chi connectivity index (χ1) is 9.65. The molecule has 0 radical (unpaired) electrons. The molecule has 0 amide bonds. The van der Waals surface area contributed by atoms with Gasteiger partial charge in [-0.05, 0) is 44.1 Å². The van der Waals surface area contributed by atoms with E-state index in [0.29, 0.717) is 18.6 Å². The van der Waals surface area contributed by atoms with Crippen LogP contribution in [0.2, 0.25) is 0 Å². The molecule has 20 heavy (non-hydrogen) atoms. The fourth-order valence-corrected chi connectivity index (χ4v) is 3.89. The molecule has 2 N–H and O–H groups in total. The second-order valence-corrected chi connectivity index (χ2v) is 6.88. The van der Waals surface area contributed by atoms with Crippen LogP contribution in [0.25, 0.3) is 0 Å². The molecule has 0 aromatic carbocycles. The number of hydrogen-bond donors (Lipinski definition) is 2. The molecule has 1 saturated heterocycles. The first-order valence-corrected chi connectivity index (χ1v) is 8.25. The van der Waals surface area contributed by atoms with Gasteiger partial charge in [0, 0.05) is 19.1 Å². The molecular formula is C16H32N2O2. The maximum atomic E-state index is 9.52. The van der Waals surface area contributed by atoms with Crippen molar-refractivity contribution in [1.29, 1.82) is 0 Å². The lowest BCUT2D eigenvalue weighted by Gasteiger charge is -2.43.